The summed E-state index contributed by atoms with van der Waals surface area (Å²) in [5.74, 6) is 0.0984. The molecular weight excluding hydrogens is 399 g/mol. The van der Waals surface area contributed by atoms with Crippen LogP contribution >= 0.6 is 0 Å². The fourth-order valence-corrected chi connectivity index (χ4v) is 2.78. The zero-order valence-corrected chi connectivity index (χ0v) is 20.6. The van der Waals surface area contributed by atoms with E-state index in [4.69, 9.17) is 18.8 Å². The minimum atomic E-state index is -0.864. The molecule has 0 saturated carbocycles. The normalized spacial score (nSPS) is 18.0. The zero-order valence-electron chi connectivity index (χ0n) is 20.6. The molecule has 1 fully saturated rings. The summed E-state index contributed by atoms with van der Waals surface area (Å²) in [5, 5.41) is 0. The van der Waals surface area contributed by atoms with Crippen molar-refractivity contribution in [3.05, 3.63) is 17.8 Å². The molecule has 0 aromatic carbocycles. The highest BCUT2D eigenvalue weighted by Gasteiger charge is 2.52. The summed E-state index contributed by atoms with van der Waals surface area (Å²) in [4.78, 5) is 30.9. The third kappa shape index (κ3) is 5.98. The summed E-state index contributed by atoms with van der Waals surface area (Å²) < 4.78 is 23.0. The first-order chi connectivity index (χ1) is 13.8. The number of hydrogen-bond acceptors (Lipinski definition) is 7. The van der Waals surface area contributed by atoms with E-state index in [0.717, 1.165) is 10.4 Å². The van der Waals surface area contributed by atoms with Gasteiger partial charge in [0.15, 0.2) is 0 Å². The molecule has 1 saturated heterocycles. The van der Waals surface area contributed by atoms with Gasteiger partial charge in [0.1, 0.15) is 17.0 Å². The molecule has 1 aliphatic rings. The van der Waals surface area contributed by atoms with Crippen LogP contribution in [0.3, 0.4) is 0 Å². The predicted octanol–water partition coefficient (Wildman–Crippen LogP) is 4.37. The first-order valence-corrected chi connectivity index (χ1v) is 10.4. The van der Waals surface area contributed by atoms with Gasteiger partial charge >= 0.3 is 19.3 Å². The summed E-state index contributed by atoms with van der Waals surface area (Å²) in [5.41, 5.74) is -1.31. The molecule has 0 unspecified atom stereocenters. The Bertz CT molecular complexity index is 811. The third-order valence-electron chi connectivity index (χ3n) is 5.00. The van der Waals surface area contributed by atoms with Crippen LogP contribution in [0, 0.1) is 6.92 Å². The van der Waals surface area contributed by atoms with Crippen LogP contribution in [0.15, 0.2) is 12.1 Å². The zero-order chi connectivity index (χ0) is 24.0. The second-order valence-corrected chi connectivity index (χ2v) is 10.7. The number of amides is 2. The average Bonchev–Trinajstić information content (AvgIpc) is 2.71. The van der Waals surface area contributed by atoms with Gasteiger partial charge < -0.3 is 18.8 Å². The van der Waals surface area contributed by atoms with Crippen molar-refractivity contribution in [3.8, 4) is 0 Å². The van der Waals surface area contributed by atoms with Gasteiger partial charge in [-0.05, 0) is 82.2 Å². The SMILES string of the molecule is Cc1nc(N(C(=O)OC(C)(C)C)C(=O)OC(C)(C)C)ccc1B1OC(C)(C)C(C)(C)O1. The van der Waals surface area contributed by atoms with Crippen LogP contribution in [-0.4, -0.2) is 46.7 Å². The molecule has 2 rings (SSSR count). The number of carbonyl (C=O) groups is 2. The fraction of sp³-hybridized carbons (Fsp3) is 0.682. The van der Waals surface area contributed by atoms with Crippen molar-refractivity contribution >= 4 is 30.6 Å². The molecule has 8 nitrogen and oxygen atoms in total. The quantitative estimate of drug-likeness (QED) is 0.639. The van der Waals surface area contributed by atoms with Crippen molar-refractivity contribution in [2.45, 2.75) is 98.6 Å². The highest BCUT2D eigenvalue weighted by Crippen LogP contribution is 2.36. The van der Waals surface area contributed by atoms with Crippen molar-refractivity contribution in [3.63, 3.8) is 0 Å². The van der Waals surface area contributed by atoms with E-state index >= 15 is 0 Å². The minimum Gasteiger partial charge on any atom is -0.443 e. The van der Waals surface area contributed by atoms with E-state index in [1.165, 1.54) is 0 Å². The van der Waals surface area contributed by atoms with Crippen LogP contribution in [-0.2, 0) is 18.8 Å². The summed E-state index contributed by atoms with van der Waals surface area (Å²) in [6.45, 7) is 20.0. The van der Waals surface area contributed by atoms with Gasteiger partial charge in [0.05, 0.1) is 11.2 Å². The molecule has 2 heterocycles. The standard InChI is InChI=1S/C22H35BN2O6/c1-14-15(23-30-21(8,9)22(10,11)31-23)12-13-16(24-14)25(17(26)28-19(2,3)4)18(27)29-20(5,6)7/h12-13H,1-11H3. The number of hydrogen-bond donors (Lipinski definition) is 0. The monoisotopic (exact) mass is 434 g/mol. The Balaban J connectivity index is 2.40. The van der Waals surface area contributed by atoms with E-state index in [9.17, 15) is 9.59 Å². The van der Waals surface area contributed by atoms with E-state index < -0.39 is 41.7 Å². The Kier molecular flexibility index (Phi) is 6.56. The smallest absolute Gasteiger partial charge is 0.443 e. The Morgan fingerprint density at radius 1 is 0.903 bits per heavy atom. The maximum Gasteiger partial charge on any atom is 0.496 e. The summed E-state index contributed by atoms with van der Waals surface area (Å²) in [6, 6.07) is 3.29. The number of rotatable bonds is 2. The van der Waals surface area contributed by atoms with E-state index in [-0.39, 0.29) is 5.82 Å². The third-order valence-corrected chi connectivity index (χ3v) is 5.00. The Morgan fingerprint density at radius 2 is 1.32 bits per heavy atom. The molecule has 172 valence electrons. The molecule has 0 atom stereocenters. The predicted molar refractivity (Wildman–Crippen MR) is 120 cm³/mol. The second kappa shape index (κ2) is 8.09. The molecule has 1 aromatic rings. The molecule has 0 aliphatic carbocycles. The highest BCUT2D eigenvalue weighted by atomic mass is 16.7. The molecule has 2 amide bonds. The number of imide groups is 1. The van der Waals surface area contributed by atoms with Gasteiger partial charge in [0.2, 0.25) is 0 Å². The van der Waals surface area contributed by atoms with Crippen LogP contribution in [0.5, 0.6) is 0 Å². The van der Waals surface area contributed by atoms with Gasteiger partial charge in [-0.3, -0.25) is 0 Å². The number of nitrogens with zero attached hydrogens (tertiary/aromatic N) is 2. The molecule has 1 aliphatic heterocycles. The highest BCUT2D eigenvalue weighted by molar-refractivity contribution is 6.62. The number of pyridine rings is 1. The van der Waals surface area contributed by atoms with Gasteiger partial charge in [-0.25, -0.2) is 14.6 Å². The van der Waals surface area contributed by atoms with Crippen LogP contribution in [0.25, 0.3) is 0 Å². The molecule has 9 heteroatoms. The topological polar surface area (TPSA) is 87.2 Å². The summed E-state index contributed by atoms with van der Waals surface area (Å²) in [6.07, 6.45) is -1.73. The molecule has 0 N–H and O–H groups in total. The van der Waals surface area contributed by atoms with E-state index in [0.29, 0.717) is 5.69 Å². The molecule has 0 radical (unpaired) electrons. The van der Waals surface area contributed by atoms with Crippen molar-refractivity contribution in [2.24, 2.45) is 0 Å². The Labute approximate surface area is 185 Å². The van der Waals surface area contributed by atoms with Gasteiger partial charge in [0, 0.05) is 11.2 Å². The summed E-state index contributed by atoms with van der Waals surface area (Å²) >= 11 is 0. The first kappa shape index (κ1) is 25.1. The van der Waals surface area contributed by atoms with Gasteiger partial charge in [-0.1, -0.05) is 6.07 Å². The lowest BCUT2D eigenvalue weighted by Gasteiger charge is -2.32. The van der Waals surface area contributed by atoms with Gasteiger partial charge in [0.25, 0.3) is 0 Å². The lowest BCUT2D eigenvalue weighted by atomic mass is 9.78. The molecule has 1 aromatic heterocycles. The van der Waals surface area contributed by atoms with E-state index in [1.807, 2.05) is 27.7 Å². The van der Waals surface area contributed by atoms with Crippen LogP contribution in [0.2, 0.25) is 0 Å². The van der Waals surface area contributed by atoms with Crippen molar-refractivity contribution in [1.29, 1.82) is 0 Å². The Morgan fingerprint density at radius 3 is 1.68 bits per heavy atom. The van der Waals surface area contributed by atoms with Gasteiger partial charge in [-0.2, -0.15) is 4.90 Å². The lowest BCUT2D eigenvalue weighted by molar-refractivity contribution is 0.00578. The number of carbonyl (C=O) groups excluding carboxylic acids is 2. The number of ether oxygens (including phenoxy) is 2. The summed E-state index contributed by atoms with van der Waals surface area (Å²) in [7, 11) is -0.608. The largest absolute Gasteiger partial charge is 0.496 e. The minimum absolute atomic E-state index is 0.0984. The van der Waals surface area contributed by atoms with Crippen LogP contribution in [0.4, 0.5) is 15.4 Å². The lowest BCUT2D eigenvalue weighted by Crippen LogP contribution is -2.45. The van der Waals surface area contributed by atoms with Crippen molar-refractivity contribution < 1.29 is 28.4 Å². The first-order valence-electron chi connectivity index (χ1n) is 10.4. The second-order valence-electron chi connectivity index (χ2n) is 10.7. The van der Waals surface area contributed by atoms with Crippen molar-refractivity contribution in [2.75, 3.05) is 4.90 Å². The van der Waals surface area contributed by atoms with Crippen LogP contribution in [0.1, 0.15) is 74.9 Å². The molecule has 0 spiro atoms. The molecule has 0 bridgehead atoms. The van der Waals surface area contributed by atoms with E-state index in [1.54, 1.807) is 60.6 Å². The Hall–Kier alpha value is -2.13. The van der Waals surface area contributed by atoms with E-state index in [2.05, 4.69) is 4.98 Å². The van der Waals surface area contributed by atoms with Crippen LogP contribution < -0.4 is 10.4 Å². The number of aromatic nitrogens is 1. The molecule has 31 heavy (non-hydrogen) atoms. The number of anilines is 1. The maximum absolute atomic E-state index is 12.8. The average molecular weight is 434 g/mol. The maximum atomic E-state index is 12.8. The fourth-order valence-electron chi connectivity index (χ4n) is 2.78. The number of aryl methyl sites for hydroxylation is 1. The molecular formula is C22H35BN2O6. The van der Waals surface area contributed by atoms with Gasteiger partial charge in [-0.15, -0.1) is 0 Å². The van der Waals surface area contributed by atoms with Crippen molar-refractivity contribution in [1.82, 2.24) is 4.98 Å².